The molecule has 20 heavy (non-hydrogen) atoms. The maximum absolute atomic E-state index is 7.68. The molecule has 6 nitrogen and oxygen atoms in total. The van der Waals surface area contributed by atoms with Crippen molar-refractivity contribution in [2.24, 2.45) is 5.73 Å². The number of hydrogen-bond acceptors (Lipinski definition) is 4. The first-order valence-corrected chi connectivity index (χ1v) is 6.14. The lowest BCUT2D eigenvalue weighted by Gasteiger charge is -2.21. The van der Waals surface area contributed by atoms with Gasteiger partial charge in [0.05, 0.1) is 11.9 Å². The SMILES string of the molecule is CN(c1ccccc1C(=N)N)c1nccn2nccc12. The zero-order valence-electron chi connectivity index (χ0n) is 11.0. The van der Waals surface area contributed by atoms with Gasteiger partial charge in [-0.25, -0.2) is 9.50 Å². The van der Waals surface area contributed by atoms with Crippen molar-refractivity contribution in [3.05, 3.63) is 54.5 Å². The number of fused-ring (bicyclic) bond motifs is 1. The maximum atomic E-state index is 7.68. The van der Waals surface area contributed by atoms with Crippen molar-refractivity contribution in [1.82, 2.24) is 14.6 Å². The third-order valence-corrected chi connectivity index (χ3v) is 3.18. The minimum Gasteiger partial charge on any atom is -0.384 e. The Balaban J connectivity index is 2.16. The summed E-state index contributed by atoms with van der Waals surface area (Å²) in [5.74, 6) is 0.798. The van der Waals surface area contributed by atoms with Gasteiger partial charge < -0.3 is 10.6 Å². The van der Waals surface area contributed by atoms with Gasteiger partial charge in [-0.15, -0.1) is 0 Å². The molecule has 2 aromatic heterocycles. The molecule has 3 aromatic rings. The van der Waals surface area contributed by atoms with E-state index in [4.69, 9.17) is 11.1 Å². The van der Waals surface area contributed by atoms with E-state index in [2.05, 4.69) is 10.1 Å². The van der Waals surface area contributed by atoms with Crippen molar-refractivity contribution < 1.29 is 0 Å². The minimum absolute atomic E-state index is 0.0351. The van der Waals surface area contributed by atoms with Gasteiger partial charge in [-0.1, -0.05) is 12.1 Å². The van der Waals surface area contributed by atoms with E-state index in [0.29, 0.717) is 5.56 Å². The van der Waals surface area contributed by atoms with E-state index < -0.39 is 0 Å². The van der Waals surface area contributed by atoms with Crippen LogP contribution in [0.15, 0.2) is 48.9 Å². The van der Waals surface area contributed by atoms with Crippen LogP contribution in [0.5, 0.6) is 0 Å². The predicted octanol–water partition coefficient (Wildman–Crippen LogP) is 1.78. The Labute approximate surface area is 116 Å². The largest absolute Gasteiger partial charge is 0.384 e. The van der Waals surface area contributed by atoms with Crippen molar-refractivity contribution >= 4 is 22.9 Å². The summed E-state index contributed by atoms with van der Waals surface area (Å²) in [5, 5.41) is 11.9. The second kappa shape index (κ2) is 4.65. The van der Waals surface area contributed by atoms with Gasteiger partial charge in [0.1, 0.15) is 11.4 Å². The van der Waals surface area contributed by atoms with Crippen LogP contribution in [0, 0.1) is 5.41 Å². The van der Waals surface area contributed by atoms with Crippen molar-refractivity contribution in [3.8, 4) is 0 Å². The Morgan fingerprint density at radius 1 is 1.25 bits per heavy atom. The molecule has 3 N–H and O–H groups in total. The quantitative estimate of drug-likeness (QED) is 0.559. The first kappa shape index (κ1) is 12.2. The zero-order chi connectivity index (χ0) is 14.1. The lowest BCUT2D eigenvalue weighted by Crippen LogP contribution is -2.19. The van der Waals surface area contributed by atoms with Crippen LogP contribution in [0.3, 0.4) is 0 Å². The second-order valence-electron chi connectivity index (χ2n) is 4.40. The lowest BCUT2D eigenvalue weighted by atomic mass is 10.1. The van der Waals surface area contributed by atoms with E-state index in [1.54, 1.807) is 23.1 Å². The van der Waals surface area contributed by atoms with Crippen LogP contribution in [0.1, 0.15) is 5.56 Å². The summed E-state index contributed by atoms with van der Waals surface area (Å²) < 4.78 is 1.76. The molecular formula is C14H14N6. The smallest absolute Gasteiger partial charge is 0.158 e. The lowest BCUT2D eigenvalue weighted by molar-refractivity contribution is 0.938. The number of hydrogen-bond donors (Lipinski definition) is 2. The molecule has 2 heterocycles. The summed E-state index contributed by atoms with van der Waals surface area (Å²) in [6, 6.07) is 9.41. The fraction of sp³-hybridized carbons (Fsp3) is 0.0714. The molecule has 0 saturated carbocycles. The monoisotopic (exact) mass is 266 g/mol. The van der Waals surface area contributed by atoms with Crippen LogP contribution < -0.4 is 10.6 Å². The van der Waals surface area contributed by atoms with Gasteiger partial charge in [-0.2, -0.15) is 5.10 Å². The van der Waals surface area contributed by atoms with Gasteiger partial charge >= 0.3 is 0 Å². The van der Waals surface area contributed by atoms with Crippen molar-refractivity contribution in [2.45, 2.75) is 0 Å². The fourth-order valence-electron chi connectivity index (χ4n) is 2.21. The number of nitrogens with zero attached hydrogens (tertiary/aromatic N) is 4. The number of aromatic nitrogens is 3. The van der Waals surface area contributed by atoms with Gasteiger partial charge in [0.25, 0.3) is 0 Å². The van der Waals surface area contributed by atoms with Gasteiger partial charge in [-0.3, -0.25) is 5.41 Å². The molecule has 0 fully saturated rings. The van der Waals surface area contributed by atoms with E-state index in [9.17, 15) is 0 Å². The average Bonchev–Trinajstić information content (AvgIpc) is 2.94. The molecule has 0 aliphatic rings. The first-order chi connectivity index (χ1) is 9.68. The standard InChI is InChI=1S/C14H14N6/c1-19(11-5-3-2-4-10(11)13(15)16)14-12-6-7-18-20(12)9-8-17-14/h2-9H,1H3,(H3,15,16). The highest BCUT2D eigenvalue weighted by molar-refractivity contribution is 6.01. The molecule has 0 bridgehead atoms. The molecule has 0 radical (unpaired) electrons. The van der Waals surface area contributed by atoms with Crippen molar-refractivity contribution in [1.29, 1.82) is 5.41 Å². The third-order valence-electron chi connectivity index (χ3n) is 3.18. The van der Waals surface area contributed by atoms with Crippen molar-refractivity contribution in [2.75, 3.05) is 11.9 Å². The van der Waals surface area contributed by atoms with E-state index in [1.165, 1.54) is 0 Å². The summed E-state index contributed by atoms with van der Waals surface area (Å²) in [5.41, 5.74) is 8.05. The van der Waals surface area contributed by atoms with Crippen LogP contribution in [-0.4, -0.2) is 27.5 Å². The highest BCUT2D eigenvalue weighted by Gasteiger charge is 2.14. The summed E-state index contributed by atoms with van der Waals surface area (Å²) in [4.78, 5) is 6.32. The number of anilines is 2. The number of benzene rings is 1. The normalized spacial score (nSPS) is 10.7. The Bertz CT molecular complexity index is 776. The molecule has 6 heteroatoms. The van der Waals surface area contributed by atoms with E-state index in [-0.39, 0.29) is 5.84 Å². The second-order valence-corrected chi connectivity index (χ2v) is 4.40. The Kier molecular flexibility index (Phi) is 2.83. The summed E-state index contributed by atoms with van der Waals surface area (Å²) in [7, 11) is 1.90. The van der Waals surface area contributed by atoms with E-state index in [0.717, 1.165) is 17.0 Å². The number of para-hydroxylation sites is 1. The minimum atomic E-state index is 0.0351. The number of nitrogens with two attached hydrogens (primary N) is 1. The number of rotatable bonds is 3. The molecule has 0 unspecified atom stereocenters. The summed E-state index contributed by atoms with van der Waals surface area (Å²) >= 11 is 0. The average molecular weight is 266 g/mol. The molecular weight excluding hydrogens is 252 g/mol. The third kappa shape index (κ3) is 1.87. The predicted molar refractivity (Wildman–Crippen MR) is 78.5 cm³/mol. The van der Waals surface area contributed by atoms with E-state index >= 15 is 0 Å². The van der Waals surface area contributed by atoms with E-state index in [1.807, 2.05) is 42.3 Å². The van der Waals surface area contributed by atoms with Crippen molar-refractivity contribution in [3.63, 3.8) is 0 Å². The van der Waals surface area contributed by atoms with Gasteiger partial charge in [0.15, 0.2) is 5.82 Å². The molecule has 0 aliphatic carbocycles. The highest BCUT2D eigenvalue weighted by Crippen LogP contribution is 2.27. The molecule has 0 spiro atoms. The van der Waals surface area contributed by atoms with Crippen LogP contribution in [0.25, 0.3) is 5.52 Å². The number of nitrogen functional groups attached to an aromatic ring is 1. The van der Waals surface area contributed by atoms with Crippen LogP contribution in [0.4, 0.5) is 11.5 Å². The Morgan fingerprint density at radius 3 is 2.85 bits per heavy atom. The molecule has 0 saturated heterocycles. The van der Waals surface area contributed by atoms with Crippen LogP contribution in [0.2, 0.25) is 0 Å². The Morgan fingerprint density at radius 2 is 2.05 bits per heavy atom. The molecule has 1 aromatic carbocycles. The number of amidine groups is 1. The topological polar surface area (TPSA) is 83.3 Å². The maximum Gasteiger partial charge on any atom is 0.158 e. The summed E-state index contributed by atoms with van der Waals surface area (Å²) in [6.07, 6.45) is 5.22. The Hall–Kier alpha value is -2.89. The molecule has 0 atom stereocenters. The van der Waals surface area contributed by atoms with Crippen LogP contribution in [-0.2, 0) is 0 Å². The zero-order valence-corrected chi connectivity index (χ0v) is 11.0. The molecule has 0 aliphatic heterocycles. The number of nitrogens with one attached hydrogen (secondary N) is 1. The molecule has 0 amide bonds. The molecule has 3 rings (SSSR count). The first-order valence-electron chi connectivity index (χ1n) is 6.14. The summed E-state index contributed by atoms with van der Waals surface area (Å²) in [6.45, 7) is 0. The van der Waals surface area contributed by atoms with Gasteiger partial charge in [0, 0.05) is 25.0 Å². The van der Waals surface area contributed by atoms with Gasteiger partial charge in [-0.05, 0) is 18.2 Å². The van der Waals surface area contributed by atoms with Crippen LogP contribution >= 0.6 is 0 Å². The highest BCUT2D eigenvalue weighted by atomic mass is 15.3. The molecule has 100 valence electrons. The fourth-order valence-corrected chi connectivity index (χ4v) is 2.21. The van der Waals surface area contributed by atoms with Gasteiger partial charge in [0.2, 0.25) is 0 Å².